The predicted octanol–water partition coefficient (Wildman–Crippen LogP) is 5.52. The molecule has 0 nitrogen and oxygen atoms in total. The lowest BCUT2D eigenvalue weighted by Gasteiger charge is -2.14. The second-order valence-electron chi connectivity index (χ2n) is 4.81. The summed E-state index contributed by atoms with van der Waals surface area (Å²) in [6.45, 7) is 0. The highest BCUT2D eigenvalue weighted by atomic mass is 79.9. The Morgan fingerprint density at radius 2 is 1.60 bits per heavy atom. The molecular weight excluding hydrogens is 390 g/mol. The van der Waals surface area contributed by atoms with E-state index in [1.54, 1.807) is 6.07 Å². The molecule has 0 aliphatic carbocycles. The number of halogens is 4. The molecule has 0 saturated heterocycles. The molecule has 2 rings (SSSR count). The van der Waals surface area contributed by atoms with E-state index >= 15 is 0 Å². The van der Waals surface area contributed by atoms with E-state index in [1.807, 2.05) is 12.1 Å². The highest BCUT2D eigenvalue weighted by Crippen LogP contribution is 2.20. The Morgan fingerprint density at radius 3 is 2.20 bits per heavy atom. The molecule has 0 N–H and O–H groups in total. The maximum absolute atomic E-state index is 13.2. The van der Waals surface area contributed by atoms with E-state index in [0.29, 0.717) is 5.92 Å². The first-order chi connectivity index (χ1) is 9.58. The van der Waals surface area contributed by atoms with Crippen LogP contribution in [-0.4, -0.2) is 5.33 Å². The van der Waals surface area contributed by atoms with Crippen LogP contribution in [0.1, 0.15) is 11.1 Å². The predicted molar refractivity (Wildman–Crippen MR) is 85.2 cm³/mol. The SMILES string of the molecule is Fc1ccc(CC(CBr)Cc2cccc(Br)c2)cc1F. The number of alkyl halides is 1. The van der Waals surface area contributed by atoms with E-state index in [9.17, 15) is 8.78 Å². The van der Waals surface area contributed by atoms with Crippen LogP contribution in [0.15, 0.2) is 46.9 Å². The summed E-state index contributed by atoms with van der Waals surface area (Å²) in [6, 6.07) is 12.3. The van der Waals surface area contributed by atoms with Gasteiger partial charge in [0.25, 0.3) is 0 Å². The van der Waals surface area contributed by atoms with Gasteiger partial charge in [-0.25, -0.2) is 8.78 Å². The van der Waals surface area contributed by atoms with Gasteiger partial charge in [0.15, 0.2) is 11.6 Å². The molecule has 0 fully saturated rings. The van der Waals surface area contributed by atoms with Crippen molar-refractivity contribution >= 4 is 31.9 Å². The van der Waals surface area contributed by atoms with Crippen molar-refractivity contribution in [1.29, 1.82) is 0 Å². The van der Waals surface area contributed by atoms with Crippen molar-refractivity contribution < 1.29 is 8.78 Å². The summed E-state index contributed by atoms with van der Waals surface area (Å²) in [6.07, 6.45) is 1.61. The first-order valence-electron chi connectivity index (χ1n) is 6.33. The standard InChI is InChI=1S/C16H14Br2F2/c17-10-13(6-11-2-1-3-14(18)8-11)7-12-4-5-15(19)16(20)9-12/h1-5,8-9,13H,6-7,10H2. The van der Waals surface area contributed by atoms with Gasteiger partial charge in [-0.05, 0) is 54.2 Å². The molecule has 0 saturated carbocycles. The average molecular weight is 404 g/mol. The number of hydrogen-bond donors (Lipinski definition) is 0. The normalized spacial score (nSPS) is 12.4. The molecule has 0 aliphatic heterocycles. The van der Waals surface area contributed by atoms with Gasteiger partial charge in [-0.15, -0.1) is 0 Å². The largest absolute Gasteiger partial charge is 0.204 e. The first-order valence-corrected chi connectivity index (χ1v) is 8.24. The zero-order valence-corrected chi connectivity index (χ0v) is 13.9. The minimum absolute atomic E-state index is 0.342. The van der Waals surface area contributed by atoms with Gasteiger partial charge < -0.3 is 0 Å². The van der Waals surface area contributed by atoms with E-state index in [2.05, 4.69) is 44.0 Å². The molecule has 1 unspecified atom stereocenters. The molecule has 0 bridgehead atoms. The van der Waals surface area contributed by atoms with Gasteiger partial charge in [-0.2, -0.15) is 0 Å². The van der Waals surface area contributed by atoms with Crippen LogP contribution in [0.2, 0.25) is 0 Å². The van der Waals surface area contributed by atoms with Crippen LogP contribution in [0.4, 0.5) is 8.78 Å². The lowest BCUT2D eigenvalue weighted by molar-refractivity contribution is 0.504. The van der Waals surface area contributed by atoms with E-state index in [-0.39, 0.29) is 0 Å². The van der Waals surface area contributed by atoms with Crippen molar-refractivity contribution in [2.24, 2.45) is 5.92 Å². The third-order valence-electron chi connectivity index (χ3n) is 3.14. The molecule has 0 spiro atoms. The van der Waals surface area contributed by atoms with Gasteiger partial charge in [0, 0.05) is 9.80 Å². The molecule has 0 radical (unpaired) electrons. The summed E-state index contributed by atoms with van der Waals surface area (Å²) >= 11 is 6.96. The van der Waals surface area contributed by atoms with Gasteiger partial charge in [-0.3, -0.25) is 0 Å². The average Bonchev–Trinajstić information content (AvgIpc) is 2.42. The fourth-order valence-corrected chi connectivity index (χ4v) is 3.08. The second kappa shape index (κ2) is 7.32. The van der Waals surface area contributed by atoms with Crippen LogP contribution in [0.25, 0.3) is 0 Å². The smallest absolute Gasteiger partial charge is 0.159 e. The molecule has 0 amide bonds. The van der Waals surface area contributed by atoms with E-state index < -0.39 is 11.6 Å². The summed E-state index contributed by atoms with van der Waals surface area (Å²) in [4.78, 5) is 0. The van der Waals surface area contributed by atoms with Gasteiger partial charge in [-0.1, -0.05) is 50.1 Å². The van der Waals surface area contributed by atoms with Gasteiger partial charge >= 0.3 is 0 Å². The van der Waals surface area contributed by atoms with Crippen molar-refractivity contribution in [2.45, 2.75) is 12.8 Å². The Morgan fingerprint density at radius 1 is 0.900 bits per heavy atom. The molecular formula is C16H14Br2F2. The maximum atomic E-state index is 13.2. The van der Waals surface area contributed by atoms with Crippen LogP contribution in [0.3, 0.4) is 0 Å². The third kappa shape index (κ3) is 4.38. The Labute approximate surface area is 134 Å². The van der Waals surface area contributed by atoms with Crippen molar-refractivity contribution in [1.82, 2.24) is 0 Å². The summed E-state index contributed by atoms with van der Waals surface area (Å²) in [5, 5.41) is 0.818. The highest BCUT2D eigenvalue weighted by Gasteiger charge is 2.11. The fraction of sp³-hybridized carbons (Fsp3) is 0.250. The van der Waals surface area contributed by atoms with Crippen LogP contribution >= 0.6 is 31.9 Å². The zero-order valence-electron chi connectivity index (χ0n) is 10.8. The molecule has 20 heavy (non-hydrogen) atoms. The van der Waals surface area contributed by atoms with Gasteiger partial charge in [0.05, 0.1) is 0 Å². The van der Waals surface area contributed by atoms with Crippen LogP contribution < -0.4 is 0 Å². The third-order valence-corrected chi connectivity index (χ3v) is 4.55. The fourth-order valence-electron chi connectivity index (χ4n) is 2.18. The van der Waals surface area contributed by atoms with Gasteiger partial charge in [0.1, 0.15) is 0 Å². The Bertz CT molecular complexity index is 584. The number of hydrogen-bond acceptors (Lipinski definition) is 0. The van der Waals surface area contributed by atoms with Crippen LogP contribution in [0, 0.1) is 17.6 Å². The minimum Gasteiger partial charge on any atom is -0.204 e. The van der Waals surface area contributed by atoms with Gasteiger partial charge in [0.2, 0.25) is 0 Å². The molecule has 4 heteroatoms. The van der Waals surface area contributed by atoms with Crippen LogP contribution in [-0.2, 0) is 12.8 Å². The van der Waals surface area contributed by atoms with E-state index in [4.69, 9.17) is 0 Å². The van der Waals surface area contributed by atoms with E-state index in [1.165, 1.54) is 17.7 Å². The monoisotopic (exact) mass is 402 g/mol. The molecule has 2 aromatic carbocycles. The van der Waals surface area contributed by atoms with Crippen molar-refractivity contribution in [3.05, 3.63) is 69.7 Å². The summed E-state index contributed by atoms with van der Waals surface area (Å²) in [5.74, 6) is -1.23. The van der Waals surface area contributed by atoms with E-state index in [0.717, 1.165) is 28.2 Å². The Kier molecular flexibility index (Phi) is 5.73. The van der Waals surface area contributed by atoms with Crippen molar-refractivity contribution in [3.63, 3.8) is 0 Å². The molecule has 0 heterocycles. The molecule has 1 atom stereocenters. The lowest BCUT2D eigenvalue weighted by atomic mass is 9.94. The summed E-state index contributed by atoms with van der Waals surface area (Å²) < 4.78 is 27.2. The lowest BCUT2D eigenvalue weighted by Crippen LogP contribution is -2.10. The molecule has 0 aromatic heterocycles. The topological polar surface area (TPSA) is 0 Å². The van der Waals surface area contributed by atoms with Crippen LogP contribution in [0.5, 0.6) is 0 Å². The minimum atomic E-state index is -0.795. The molecule has 0 aliphatic rings. The second-order valence-corrected chi connectivity index (χ2v) is 6.37. The highest BCUT2D eigenvalue weighted by molar-refractivity contribution is 9.10. The maximum Gasteiger partial charge on any atom is 0.159 e. The summed E-state index contributed by atoms with van der Waals surface area (Å²) in [5.41, 5.74) is 2.05. The van der Waals surface area contributed by atoms with Crippen molar-refractivity contribution in [2.75, 3.05) is 5.33 Å². The quantitative estimate of drug-likeness (QED) is 0.576. The first kappa shape index (κ1) is 15.6. The molecule has 106 valence electrons. The number of benzene rings is 2. The summed E-state index contributed by atoms with van der Waals surface area (Å²) in [7, 11) is 0. The number of rotatable bonds is 5. The molecule has 2 aromatic rings. The zero-order chi connectivity index (χ0) is 14.5. The Hall–Kier alpha value is -0.740. The van der Waals surface area contributed by atoms with Crippen molar-refractivity contribution in [3.8, 4) is 0 Å². The Balaban J connectivity index is 2.07.